The quantitative estimate of drug-likeness (QED) is 0.807. The molecule has 0 amide bonds. The van der Waals surface area contributed by atoms with Gasteiger partial charge < -0.3 is 5.73 Å². The van der Waals surface area contributed by atoms with Crippen LogP contribution < -0.4 is 5.73 Å². The van der Waals surface area contributed by atoms with Crippen LogP contribution in [0.2, 0.25) is 0 Å². The molecule has 2 aromatic heterocycles. The third kappa shape index (κ3) is 1.64. The average molecular weight is 202 g/mol. The molecule has 0 fully saturated rings. The van der Waals surface area contributed by atoms with Gasteiger partial charge in [0, 0.05) is 31.3 Å². The summed E-state index contributed by atoms with van der Waals surface area (Å²) in [5.74, 6) is 0. The van der Waals surface area contributed by atoms with Crippen molar-refractivity contribution in [1.82, 2.24) is 14.8 Å². The minimum Gasteiger partial charge on any atom is -0.328 e. The van der Waals surface area contributed by atoms with E-state index >= 15 is 0 Å². The van der Waals surface area contributed by atoms with Crippen LogP contribution in [0.3, 0.4) is 0 Å². The summed E-state index contributed by atoms with van der Waals surface area (Å²) in [5, 5.41) is 4.24. The molecule has 0 spiro atoms. The van der Waals surface area contributed by atoms with E-state index in [0.29, 0.717) is 6.54 Å². The molecule has 0 saturated carbocycles. The van der Waals surface area contributed by atoms with E-state index in [2.05, 4.69) is 17.0 Å². The summed E-state index contributed by atoms with van der Waals surface area (Å²) in [6.07, 6.45) is 7.25. The normalized spacial score (nSPS) is 14.8. The zero-order chi connectivity index (χ0) is 10.7. The molecule has 1 atom stereocenters. The Morgan fingerprint density at radius 2 is 2.27 bits per heavy atom. The van der Waals surface area contributed by atoms with Crippen LogP contribution in [0.25, 0.3) is 0 Å². The molecule has 0 aliphatic rings. The van der Waals surface area contributed by atoms with Gasteiger partial charge >= 0.3 is 0 Å². The van der Waals surface area contributed by atoms with Gasteiger partial charge in [0.2, 0.25) is 0 Å². The van der Waals surface area contributed by atoms with E-state index in [-0.39, 0.29) is 5.54 Å². The summed E-state index contributed by atoms with van der Waals surface area (Å²) in [7, 11) is 0. The zero-order valence-corrected chi connectivity index (χ0v) is 8.67. The molecule has 2 aromatic rings. The lowest BCUT2D eigenvalue weighted by atomic mass is 9.94. The Morgan fingerprint density at radius 1 is 1.40 bits per heavy atom. The van der Waals surface area contributed by atoms with Gasteiger partial charge in [0.05, 0.1) is 5.54 Å². The summed E-state index contributed by atoms with van der Waals surface area (Å²) >= 11 is 0. The first-order chi connectivity index (χ1) is 7.27. The summed E-state index contributed by atoms with van der Waals surface area (Å²) in [6.45, 7) is 2.54. The minimum atomic E-state index is -0.322. The third-order valence-corrected chi connectivity index (χ3v) is 2.69. The summed E-state index contributed by atoms with van der Waals surface area (Å²) in [6, 6.07) is 5.82. The predicted molar refractivity (Wildman–Crippen MR) is 58.3 cm³/mol. The average Bonchev–Trinajstić information content (AvgIpc) is 2.83. The van der Waals surface area contributed by atoms with Crippen LogP contribution in [-0.2, 0) is 5.54 Å². The van der Waals surface area contributed by atoms with E-state index in [1.165, 1.54) is 0 Å². The molecule has 15 heavy (non-hydrogen) atoms. The second kappa shape index (κ2) is 3.82. The Bertz CT molecular complexity index is 409. The fourth-order valence-corrected chi connectivity index (χ4v) is 1.59. The molecule has 2 heterocycles. The number of aromatic nitrogens is 3. The standard InChI is InChI=1S/C11H14N4/c1-11(9-12,15-7-3-6-14-15)10-4-2-5-13-8-10/h2-8H,9,12H2,1H3. The van der Waals surface area contributed by atoms with Gasteiger partial charge in [0.25, 0.3) is 0 Å². The van der Waals surface area contributed by atoms with Gasteiger partial charge in [0.1, 0.15) is 0 Å². The van der Waals surface area contributed by atoms with Gasteiger partial charge in [-0.05, 0) is 24.6 Å². The molecule has 2 N–H and O–H groups in total. The van der Waals surface area contributed by atoms with Crippen molar-refractivity contribution in [3.05, 3.63) is 48.5 Å². The van der Waals surface area contributed by atoms with Crippen LogP contribution >= 0.6 is 0 Å². The van der Waals surface area contributed by atoms with Crippen molar-refractivity contribution in [2.75, 3.05) is 6.54 Å². The maximum atomic E-state index is 5.84. The first kappa shape index (κ1) is 9.86. The van der Waals surface area contributed by atoms with Crippen LogP contribution in [0.5, 0.6) is 0 Å². The first-order valence-electron chi connectivity index (χ1n) is 4.88. The van der Waals surface area contributed by atoms with Crippen molar-refractivity contribution in [1.29, 1.82) is 0 Å². The monoisotopic (exact) mass is 202 g/mol. The largest absolute Gasteiger partial charge is 0.328 e. The summed E-state index contributed by atoms with van der Waals surface area (Å²) in [5.41, 5.74) is 6.59. The lowest BCUT2D eigenvalue weighted by Crippen LogP contribution is -2.39. The molecule has 2 rings (SSSR count). The highest BCUT2D eigenvalue weighted by Crippen LogP contribution is 2.22. The van der Waals surface area contributed by atoms with Gasteiger partial charge in [-0.2, -0.15) is 5.10 Å². The van der Waals surface area contributed by atoms with Crippen molar-refractivity contribution < 1.29 is 0 Å². The molecule has 0 aromatic carbocycles. The second-order valence-electron chi connectivity index (χ2n) is 3.67. The van der Waals surface area contributed by atoms with Crippen LogP contribution in [0.4, 0.5) is 0 Å². The Labute approximate surface area is 88.8 Å². The smallest absolute Gasteiger partial charge is 0.0984 e. The number of nitrogens with two attached hydrogens (primary N) is 1. The van der Waals surface area contributed by atoms with E-state index in [1.54, 1.807) is 12.4 Å². The molecular weight excluding hydrogens is 188 g/mol. The van der Waals surface area contributed by atoms with Crippen molar-refractivity contribution in [2.24, 2.45) is 5.73 Å². The molecule has 0 radical (unpaired) electrons. The van der Waals surface area contributed by atoms with Crippen LogP contribution in [0.15, 0.2) is 43.0 Å². The lowest BCUT2D eigenvalue weighted by molar-refractivity contribution is 0.363. The molecule has 0 bridgehead atoms. The number of hydrogen-bond donors (Lipinski definition) is 1. The molecular formula is C11H14N4. The van der Waals surface area contributed by atoms with Gasteiger partial charge in [-0.25, -0.2) is 0 Å². The number of hydrogen-bond acceptors (Lipinski definition) is 3. The van der Waals surface area contributed by atoms with Crippen molar-refractivity contribution in [3.63, 3.8) is 0 Å². The van der Waals surface area contributed by atoms with Gasteiger partial charge in [0.15, 0.2) is 0 Å². The fourth-order valence-electron chi connectivity index (χ4n) is 1.59. The van der Waals surface area contributed by atoms with Crippen LogP contribution in [0.1, 0.15) is 12.5 Å². The van der Waals surface area contributed by atoms with Gasteiger partial charge in [-0.1, -0.05) is 6.07 Å². The molecule has 4 nitrogen and oxygen atoms in total. The first-order valence-corrected chi connectivity index (χ1v) is 4.88. The van der Waals surface area contributed by atoms with Crippen LogP contribution in [0, 0.1) is 0 Å². The Balaban J connectivity index is 2.47. The van der Waals surface area contributed by atoms with Crippen LogP contribution in [-0.4, -0.2) is 21.3 Å². The zero-order valence-electron chi connectivity index (χ0n) is 8.67. The summed E-state index contributed by atoms with van der Waals surface area (Å²) in [4.78, 5) is 4.11. The van der Waals surface area contributed by atoms with Crippen molar-refractivity contribution >= 4 is 0 Å². The predicted octanol–water partition coefficient (Wildman–Crippen LogP) is 1.00. The van der Waals surface area contributed by atoms with E-state index in [1.807, 2.05) is 35.3 Å². The highest BCUT2D eigenvalue weighted by Gasteiger charge is 2.27. The van der Waals surface area contributed by atoms with Crippen molar-refractivity contribution in [3.8, 4) is 0 Å². The van der Waals surface area contributed by atoms with E-state index < -0.39 is 0 Å². The Hall–Kier alpha value is -1.68. The second-order valence-corrected chi connectivity index (χ2v) is 3.67. The number of nitrogens with zero attached hydrogens (tertiary/aromatic N) is 3. The van der Waals surface area contributed by atoms with E-state index in [4.69, 9.17) is 5.73 Å². The molecule has 0 aliphatic heterocycles. The topological polar surface area (TPSA) is 56.7 Å². The fraction of sp³-hybridized carbons (Fsp3) is 0.273. The number of rotatable bonds is 3. The maximum absolute atomic E-state index is 5.84. The Kier molecular flexibility index (Phi) is 2.51. The highest BCUT2D eigenvalue weighted by molar-refractivity contribution is 5.21. The Morgan fingerprint density at radius 3 is 2.80 bits per heavy atom. The molecule has 4 heteroatoms. The molecule has 1 unspecified atom stereocenters. The SMILES string of the molecule is CC(CN)(c1cccnc1)n1cccn1. The number of pyridine rings is 1. The van der Waals surface area contributed by atoms with Gasteiger partial charge in [-0.3, -0.25) is 9.67 Å². The third-order valence-electron chi connectivity index (χ3n) is 2.69. The van der Waals surface area contributed by atoms with Crippen molar-refractivity contribution in [2.45, 2.75) is 12.5 Å². The molecule has 0 saturated heterocycles. The van der Waals surface area contributed by atoms with Gasteiger partial charge in [-0.15, -0.1) is 0 Å². The highest BCUT2D eigenvalue weighted by atomic mass is 15.3. The van der Waals surface area contributed by atoms with E-state index in [0.717, 1.165) is 5.56 Å². The molecule has 78 valence electrons. The summed E-state index contributed by atoms with van der Waals surface area (Å²) < 4.78 is 1.87. The minimum absolute atomic E-state index is 0.322. The van der Waals surface area contributed by atoms with E-state index in [9.17, 15) is 0 Å². The lowest BCUT2D eigenvalue weighted by Gasteiger charge is -2.28. The maximum Gasteiger partial charge on any atom is 0.0984 e. The molecule has 0 aliphatic carbocycles.